The maximum Gasteiger partial charge on any atom is 0.306 e. The minimum Gasteiger partial charge on any atom is -0.470 e. The van der Waals surface area contributed by atoms with Gasteiger partial charge in [-0.15, -0.1) is 4.37 Å². The zero-order valence-electron chi connectivity index (χ0n) is 16.1. The first-order valence-electron chi connectivity index (χ1n) is 9.11. The van der Waals surface area contributed by atoms with Crippen LogP contribution in [-0.4, -0.2) is 65.8 Å². The van der Waals surface area contributed by atoms with E-state index in [0.717, 1.165) is 37.1 Å². The van der Waals surface area contributed by atoms with Gasteiger partial charge >= 0.3 is 5.97 Å². The number of nitrogens with zero attached hydrogens (tertiary/aromatic N) is 3. The molecule has 2 rings (SSSR count). The van der Waals surface area contributed by atoms with Gasteiger partial charge in [-0.2, -0.15) is 4.37 Å². The SMILES string of the molecule is CCCC(=O)O[C@@H](CNC(C)(C)C)COc1nsnc1N1CCOCC1. The van der Waals surface area contributed by atoms with Crippen molar-refractivity contribution in [2.24, 2.45) is 0 Å². The van der Waals surface area contributed by atoms with Crippen molar-refractivity contribution in [2.45, 2.75) is 52.2 Å². The molecule has 1 fully saturated rings. The van der Waals surface area contributed by atoms with Crippen LogP contribution in [0.25, 0.3) is 0 Å². The average Bonchev–Trinajstić information content (AvgIpc) is 3.06. The van der Waals surface area contributed by atoms with Gasteiger partial charge in [0, 0.05) is 31.6 Å². The van der Waals surface area contributed by atoms with Crippen LogP contribution in [0.4, 0.5) is 5.82 Å². The summed E-state index contributed by atoms with van der Waals surface area (Å²) in [6.45, 7) is 11.8. The summed E-state index contributed by atoms with van der Waals surface area (Å²) in [6.07, 6.45) is 0.784. The van der Waals surface area contributed by atoms with E-state index in [9.17, 15) is 4.79 Å². The normalized spacial score (nSPS) is 16.4. The van der Waals surface area contributed by atoms with Gasteiger partial charge < -0.3 is 24.4 Å². The van der Waals surface area contributed by atoms with Gasteiger partial charge in [0.15, 0.2) is 0 Å². The third-order valence-corrected chi connectivity index (χ3v) is 4.27. The number of anilines is 1. The third kappa shape index (κ3) is 7.05. The number of carbonyl (C=O) groups is 1. The molecule has 0 aliphatic carbocycles. The lowest BCUT2D eigenvalue weighted by Gasteiger charge is -2.27. The summed E-state index contributed by atoms with van der Waals surface area (Å²) < 4.78 is 25.4. The molecule has 1 saturated heterocycles. The van der Waals surface area contributed by atoms with Crippen molar-refractivity contribution >= 4 is 23.5 Å². The lowest BCUT2D eigenvalue weighted by molar-refractivity contribution is -0.150. The van der Waals surface area contributed by atoms with Gasteiger partial charge in [0.1, 0.15) is 12.7 Å². The number of esters is 1. The Morgan fingerprint density at radius 2 is 2.08 bits per heavy atom. The van der Waals surface area contributed by atoms with E-state index in [1.807, 2.05) is 6.92 Å². The highest BCUT2D eigenvalue weighted by Gasteiger charge is 2.23. The highest BCUT2D eigenvalue weighted by Crippen LogP contribution is 2.26. The van der Waals surface area contributed by atoms with Crippen molar-refractivity contribution in [3.05, 3.63) is 0 Å². The van der Waals surface area contributed by atoms with Crippen LogP contribution >= 0.6 is 11.7 Å². The van der Waals surface area contributed by atoms with Crippen molar-refractivity contribution in [3.63, 3.8) is 0 Å². The second-order valence-electron chi connectivity index (χ2n) is 7.30. The Bertz CT molecular complexity index is 555. The predicted octanol–water partition coefficient (Wildman–Crippen LogP) is 1.85. The second-order valence-corrected chi connectivity index (χ2v) is 7.82. The van der Waals surface area contributed by atoms with Crippen molar-refractivity contribution in [2.75, 3.05) is 44.4 Å². The number of ether oxygens (including phenoxy) is 3. The summed E-state index contributed by atoms with van der Waals surface area (Å²) >= 11 is 1.12. The first kappa shape index (κ1) is 20.9. The number of carbonyl (C=O) groups excluding carboxylic acids is 1. The number of morpholine rings is 1. The summed E-state index contributed by atoms with van der Waals surface area (Å²) in [6, 6.07) is 0. The summed E-state index contributed by atoms with van der Waals surface area (Å²) in [5.41, 5.74) is -0.0729. The maximum atomic E-state index is 11.9. The quantitative estimate of drug-likeness (QED) is 0.644. The lowest BCUT2D eigenvalue weighted by atomic mass is 10.1. The summed E-state index contributed by atoms with van der Waals surface area (Å²) in [4.78, 5) is 14.0. The van der Waals surface area contributed by atoms with E-state index in [2.05, 4.69) is 39.7 Å². The molecule has 0 radical (unpaired) electrons. The van der Waals surface area contributed by atoms with Crippen LogP contribution in [0.15, 0.2) is 0 Å². The number of hydrogen-bond acceptors (Lipinski definition) is 9. The van der Waals surface area contributed by atoms with E-state index in [1.165, 1.54) is 0 Å². The van der Waals surface area contributed by atoms with Gasteiger partial charge in [0.2, 0.25) is 5.82 Å². The van der Waals surface area contributed by atoms with Gasteiger partial charge in [-0.05, 0) is 27.2 Å². The number of hydrogen-bond donors (Lipinski definition) is 1. The van der Waals surface area contributed by atoms with Crippen LogP contribution in [0.3, 0.4) is 0 Å². The molecule has 26 heavy (non-hydrogen) atoms. The van der Waals surface area contributed by atoms with Gasteiger partial charge in [0.25, 0.3) is 5.88 Å². The Labute approximate surface area is 159 Å². The van der Waals surface area contributed by atoms with Crippen LogP contribution in [0.2, 0.25) is 0 Å². The van der Waals surface area contributed by atoms with Crippen LogP contribution in [0.5, 0.6) is 5.88 Å². The summed E-state index contributed by atoms with van der Waals surface area (Å²) in [5.74, 6) is 1.02. The fraction of sp³-hybridized carbons (Fsp3) is 0.824. The van der Waals surface area contributed by atoms with Crippen LogP contribution in [0, 0.1) is 0 Å². The molecule has 148 valence electrons. The van der Waals surface area contributed by atoms with Gasteiger partial charge in [0.05, 0.1) is 24.9 Å². The molecule has 0 aromatic carbocycles. The van der Waals surface area contributed by atoms with E-state index in [-0.39, 0.29) is 24.2 Å². The minimum absolute atomic E-state index is 0.0729. The molecule has 8 nitrogen and oxygen atoms in total. The second kappa shape index (κ2) is 10.0. The molecular weight excluding hydrogens is 356 g/mol. The molecule has 0 amide bonds. The number of rotatable bonds is 9. The van der Waals surface area contributed by atoms with Crippen LogP contribution in [-0.2, 0) is 14.3 Å². The van der Waals surface area contributed by atoms with Gasteiger partial charge in [-0.3, -0.25) is 4.79 Å². The van der Waals surface area contributed by atoms with E-state index in [1.54, 1.807) is 0 Å². The molecule has 1 N–H and O–H groups in total. The number of aromatic nitrogens is 2. The first-order chi connectivity index (χ1) is 12.4. The topological polar surface area (TPSA) is 85.8 Å². The fourth-order valence-corrected chi connectivity index (χ4v) is 2.93. The largest absolute Gasteiger partial charge is 0.470 e. The zero-order valence-corrected chi connectivity index (χ0v) is 16.9. The molecule has 1 aromatic rings. The van der Waals surface area contributed by atoms with E-state index in [0.29, 0.717) is 32.1 Å². The van der Waals surface area contributed by atoms with E-state index in [4.69, 9.17) is 14.2 Å². The lowest BCUT2D eigenvalue weighted by Crippen LogP contribution is -2.44. The fourth-order valence-electron chi connectivity index (χ4n) is 2.41. The summed E-state index contributed by atoms with van der Waals surface area (Å²) in [7, 11) is 0. The Morgan fingerprint density at radius 1 is 1.35 bits per heavy atom. The standard InChI is InChI=1S/C17H30N4O4S/c1-5-6-14(22)25-13(11-18-17(2,3)4)12-24-16-15(19-26-20-16)21-7-9-23-10-8-21/h13,18H,5-12H2,1-4H3/t13-/m0/s1. The van der Waals surface area contributed by atoms with Crippen LogP contribution in [0.1, 0.15) is 40.5 Å². The average molecular weight is 387 g/mol. The minimum atomic E-state index is -0.382. The Hall–Kier alpha value is -1.45. The van der Waals surface area contributed by atoms with Gasteiger partial charge in [-0.1, -0.05) is 6.92 Å². The van der Waals surface area contributed by atoms with E-state index < -0.39 is 0 Å². The smallest absolute Gasteiger partial charge is 0.306 e. The van der Waals surface area contributed by atoms with Crippen molar-refractivity contribution in [1.82, 2.24) is 14.1 Å². The molecule has 0 bridgehead atoms. The zero-order chi connectivity index (χ0) is 19.0. The highest BCUT2D eigenvalue weighted by atomic mass is 32.1. The molecule has 1 aliphatic rings. The van der Waals surface area contributed by atoms with Crippen molar-refractivity contribution in [3.8, 4) is 5.88 Å². The van der Waals surface area contributed by atoms with Gasteiger partial charge in [-0.25, -0.2) is 0 Å². The van der Waals surface area contributed by atoms with Crippen LogP contribution < -0.4 is 15.0 Å². The van der Waals surface area contributed by atoms with Crippen molar-refractivity contribution < 1.29 is 19.0 Å². The molecule has 0 saturated carbocycles. The molecule has 1 atom stereocenters. The Balaban J connectivity index is 1.94. The number of nitrogens with one attached hydrogen (secondary N) is 1. The Morgan fingerprint density at radius 3 is 2.73 bits per heavy atom. The predicted molar refractivity (Wildman–Crippen MR) is 101 cm³/mol. The summed E-state index contributed by atoms with van der Waals surface area (Å²) in [5, 5.41) is 3.36. The molecule has 1 aromatic heterocycles. The molecular formula is C17H30N4O4S. The monoisotopic (exact) mass is 386 g/mol. The molecule has 0 unspecified atom stereocenters. The Kier molecular flexibility index (Phi) is 8.05. The van der Waals surface area contributed by atoms with Crippen molar-refractivity contribution in [1.29, 1.82) is 0 Å². The third-order valence-electron chi connectivity index (χ3n) is 3.77. The first-order valence-corrected chi connectivity index (χ1v) is 9.84. The molecule has 0 spiro atoms. The highest BCUT2D eigenvalue weighted by molar-refractivity contribution is 6.99. The van der Waals surface area contributed by atoms with E-state index >= 15 is 0 Å². The molecule has 2 heterocycles. The molecule has 1 aliphatic heterocycles. The molecule has 9 heteroatoms. The maximum absolute atomic E-state index is 11.9.